The van der Waals surface area contributed by atoms with Crippen LogP contribution < -0.4 is 54.9 Å². The summed E-state index contributed by atoms with van der Waals surface area (Å²) in [6, 6.07) is 67.3. The number of carboxylic acid groups (broad SMARTS) is 1. The molecule has 0 saturated heterocycles. The number of fused-ring (bicyclic) bond motifs is 3. The summed E-state index contributed by atoms with van der Waals surface area (Å²) in [5, 5.41) is 49.6. The Bertz CT molecular complexity index is 5940. The molecule has 3 aliphatic rings. The molecule has 2 aliphatic carbocycles. The molecule has 2 amide bonds. The number of thioether (sulfide) groups is 1. The number of ether oxygens (including phenoxy) is 2. The third-order valence-corrected chi connectivity index (χ3v) is 24.8. The van der Waals surface area contributed by atoms with Crippen molar-refractivity contribution in [2.24, 2.45) is 27.9 Å². The van der Waals surface area contributed by atoms with Gasteiger partial charge < -0.3 is 43.9 Å². The zero-order valence-electron chi connectivity index (χ0n) is 67.2. The number of para-hydroxylation sites is 1. The number of esters is 1. The molecule has 2 fully saturated rings. The standard InChI is InChI=1S/C35H36ClNO3S.C32H34N2O6S.C28H24N4O4.Na/c1-34(2,40)30-9-4-3-7-25(30)13-17-32(41-23-35(18-19-35)22-33(38)39)27-8-5-6-24(20-27)10-15-29-16-12-26-11-14-28(36)21-31(26)37-29;1-21-7-3-6-10-30(21)41(38,39)33-32(37)24-13-12-23(26(18-24)20-35)17-25-19-34(2)29-14-11-22(15-28(25)29)16-31(36)40-27-8-4-5-9-27;33-25-17-26(24-18-29-32-31-24)36-27-22(25)10-6-11-23(27)30-28(34)20-12-14-21(15-13-20)35-16-5-4-9-19-7-2-1-3-8-19;/h3-12,14-16,20-21,32,40H,13,17-19,22-23H2,1-2H3,(H,38,39);3,6-7,10-15,18-19,27,35H,4-5,8-9,16-17,20H2,1-2H3,(H,33,37);1-3,6-8,10-15,17H,4-5,9,16,18H2,(H,30,34);/q;;;+1/p-1/b15-10+;;;/t32-;;;/m1.../s1. The van der Waals surface area contributed by atoms with Crippen molar-refractivity contribution in [2.75, 3.05) is 24.2 Å². The first-order valence-corrected chi connectivity index (χ1v) is 42.5. The van der Waals surface area contributed by atoms with Crippen LogP contribution in [-0.4, -0.2) is 82.7 Å². The Kier molecular flexibility index (Phi) is 29.8. The Morgan fingerprint density at radius 1 is 0.756 bits per heavy atom. The topological polar surface area (TPSA) is 294 Å². The fourth-order valence-corrected chi connectivity index (χ4v) is 17.8. The van der Waals surface area contributed by atoms with Gasteiger partial charge in [0.15, 0.2) is 16.8 Å². The molecule has 4 N–H and O–H groups in total. The van der Waals surface area contributed by atoms with Gasteiger partial charge in [0.05, 0.1) is 52.4 Å². The van der Waals surface area contributed by atoms with Gasteiger partial charge in [0.1, 0.15) is 24.1 Å². The second kappa shape index (κ2) is 40.4. The number of nitrogens with one attached hydrogen (secondary N) is 2. The molecule has 15 rings (SSSR count). The maximum atomic E-state index is 12.9. The van der Waals surface area contributed by atoms with Crippen LogP contribution in [0.1, 0.15) is 171 Å². The van der Waals surface area contributed by atoms with E-state index in [0.717, 1.165) is 137 Å². The summed E-state index contributed by atoms with van der Waals surface area (Å²) in [6.07, 6.45) is 17.6. The van der Waals surface area contributed by atoms with Crippen molar-refractivity contribution in [3.63, 3.8) is 0 Å². The molecule has 24 heteroatoms. The van der Waals surface area contributed by atoms with E-state index in [2.05, 4.69) is 86.2 Å². The average molecular weight is 1660 g/mol. The zero-order chi connectivity index (χ0) is 82.9. The van der Waals surface area contributed by atoms with Crippen LogP contribution in [0.3, 0.4) is 0 Å². The number of unbranched alkanes of at least 4 members (excludes halogenated alkanes) is 1. The van der Waals surface area contributed by atoms with Gasteiger partial charge in [0, 0.05) is 63.0 Å². The van der Waals surface area contributed by atoms with Crippen molar-refractivity contribution < 1.29 is 86.4 Å². The van der Waals surface area contributed by atoms with Crippen molar-refractivity contribution in [1.29, 1.82) is 0 Å². The Labute approximate surface area is 723 Å². The van der Waals surface area contributed by atoms with Crippen LogP contribution >= 0.6 is 23.4 Å². The third-order valence-electron chi connectivity index (χ3n) is 21.4. The third kappa shape index (κ3) is 23.7. The molecule has 20 nitrogen and oxygen atoms in total. The fraction of sp³-hybridized carbons (Fsp3) is 0.274. The molecule has 606 valence electrons. The van der Waals surface area contributed by atoms with E-state index in [1.807, 2.05) is 122 Å². The summed E-state index contributed by atoms with van der Waals surface area (Å²) in [5.41, 5.74) is 12.6. The van der Waals surface area contributed by atoms with Gasteiger partial charge in [-0.3, -0.25) is 19.2 Å². The molecule has 1 atom stereocenters. The van der Waals surface area contributed by atoms with E-state index in [0.29, 0.717) is 57.3 Å². The minimum atomic E-state index is -4.06. The first-order valence-electron chi connectivity index (χ1n) is 39.6. The SMILES string of the molecule is CC(C)(O)c1ccccc1CC[C@@H](SCC1(CC(=O)[O-])CC1)c1cccc(/C=C/c2ccc3ccc(Cl)cc3n2)c1.Cc1ccccc1S(=O)(=O)NC(=O)c1ccc(Cc2cn(C)c3ccc(CC(=O)OC4CCCC4)cc23)c(CO)c1.O=C(Nc1cccc2c(=O)cc(C3=NN=NC3)oc12)c1ccc(OCCCCc2ccccc2)cc1.[Na+]. The number of hydrogen-bond acceptors (Lipinski definition) is 18. The van der Waals surface area contributed by atoms with Crippen LogP contribution in [0.15, 0.2) is 254 Å². The molecule has 2 saturated carbocycles. The number of halogens is 1. The number of carbonyl (C=O) groups is 4. The Morgan fingerprint density at radius 2 is 1.50 bits per heavy atom. The summed E-state index contributed by atoms with van der Waals surface area (Å²) < 4.78 is 47.1. The number of rotatable bonds is 30. The quantitative estimate of drug-likeness (QED) is 0.0185. The maximum absolute atomic E-state index is 12.9. The molecule has 12 aromatic rings. The molecule has 0 spiro atoms. The number of pyridine rings is 1. The number of aryl methyl sites for hydroxylation is 4. The van der Waals surface area contributed by atoms with Gasteiger partial charge >= 0.3 is 35.5 Å². The Morgan fingerprint density at radius 3 is 2.25 bits per heavy atom. The van der Waals surface area contributed by atoms with Gasteiger partial charge in [0.2, 0.25) is 0 Å². The van der Waals surface area contributed by atoms with Crippen LogP contribution in [0.2, 0.25) is 5.02 Å². The van der Waals surface area contributed by atoms with E-state index in [4.69, 9.17) is 30.5 Å². The number of carboxylic acids is 1. The Balaban J connectivity index is 0.000000164. The number of anilines is 1. The van der Waals surface area contributed by atoms with Crippen LogP contribution in [0, 0.1) is 12.3 Å². The number of aromatic nitrogens is 2. The number of aliphatic hydroxyl groups is 2. The normalized spacial score (nSPS) is 13.9. The molecule has 3 aromatic heterocycles. The maximum Gasteiger partial charge on any atom is 1.00 e. The van der Waals surface area contributed by atoms with Crippen molar-refractivity contribution in [1.82, 2.24) is 14.3 Å². The van der Waals surface area contributed by atoms with E-state index in [1.165, 1.54) is 29.3 Å². The molecular formula is C95H93ClN7NaO13S2. The summed E-state index contributed by atoms with van der Waals surface area (Å²) in [4.78, 5) is 67.0. The van der Waals surface area contributed by atoms with Crippen molar-refractivity contribution >= 4 is 113 Å². The first kappa shape index (κ1) is 87.6. The minimum absolute atomic E-state index is 0. The molecular weight excluding hydrogens is 1570 g/mol. The summed E-state index contributed by atoms with van der Waals surface area (Å²) in [5.74, 6) is -0.487. The van der Waals surface area contributed by atoms with Crippen LogP contribution in [0.5, 0.6) is 5.75 Å². The number of nitrogens with zero attached hydrogens (tertiary/aromatic N) is 5. The predicted octanol–water partition coefficient (Wildman–Crippen LogP) is 15.0. The monoisotopic (exact) mass is 1660 g/mol. The molecule has 4 heterocycles. The number of benzene rings is 9. The largest absolute Gasteiger partial charge is 1.00 e. The first-order chi connectivity index (χ1) is 56.9. The molecule has 0 bridgehead atoms. The zero-order valence-corrected chi connectivity index (χ0v) is 71.6. The smallest absolute Gasteiger partial charge is 0.550 e. The van der Waals surface area contributed by atoms with Crippen molar-refractivity contribution in [2.45, 2.75) is 139 Å². The summed E-state index contributed by atoms with van der Waals surface area (Å²) >= 11 is 8.01. The molecule has 9 aromatic carbocycles. The van der Waals surface area contributed by atoms with Crippen LogP contribution in [0.25, 0.3) is 44.9 Å². The molecule has 0 radical (unpaired) electrons. The van der Waals surface area contributed by atoms with E-state index in [-0.39, 0.29) is 111 Å². The molecule has 119 heavy (non-hydrogen) atoms. The van der Waals surface area contributed by atoms with E-state index >= 15 is 0 Å². The number of amides is 2. The van der Waals surface area contributed by atoms with Crippen molar-refractivity contribution in [3.8, 4) is 5.75 Å². The summed E-state index contributed by atoms with van der Waals surface area (Å²) in [7, 11) is -2.10. The summed E-state index contributed by atoms with van der Waals surface area (Å²) in [6.45, 7) is 5.85. The fourth-order valence-electron chi connectivity index (χ4n) is 14.8. The number of carbonyl (C=O) groups excluding carboxylic acids is 4. The van der Waals surface area contributed by atoms with Crippen molar-refractivity contribution in [3.05, 3.63) is 318 Å². The second-order valence-corrected chi connectivity index (χ2v) is 34.0. The minimum Gasteiger partial charge on any atom is -0.550 e. The predicted molar refractivity (Wildman–Crippen MR) is 463 cm³/mol. The van der Waals surface area contributed by atoms with E-state index in [9.17, 15) is 47.7 Å². The van der Waals surface area contributed by atoms with E-state index in [1.54, 1.807) is 79.7 Å². The van der Waals surface area contributed by atoms with Gasteiger partial charge in [-0.25, -0.2) is 18.1 Å². The van der Waals surface area contributed by atoms with Crippen LogP contribution in [0.4, 0.5) is 5.69 Å². The van der Waals surface area contributed by atoms with E-state index < -0.39 is 27.5 Å². The number of aliphatic hydroxyl groups excluding tert-OH is 1. The van der Waals surface area contributed by atoms with Crippen LogP contribution in [-0.2, 0) is 69.3 Å². The van der Waals surface area contributed by atoms with Gasteiger partial charge in [-0.2, -0.15) is 16.9 Å². The second-order valence-electron chi connectivity index (χ2n) is 30.8. The molecule has 1 aliphatic heterocycles. The van der Waals surface area contributed by atoms with Gasteiger partial charge in [-0.1, -0.05) is 145 Å². The average Bonchev–Trinajstić information content (AvgIpc) is 1.82. The number of hydrogen-bond donors (Lipinski definition) is 4. The van der Waals surface area contributed by atoms with Gasteiger partial charge in [-0.15, -0.1) is 5.10 Å². The van der Waals surface area contributed by atoms with Gasteiger partial charge in [-0.05, 0) is 267 Å². The number of sulfonamides is 1. The number of aliphatic carboxylic acids is 1. The van der Waals surface area contributed by atoms with Gasteiger partial charge in [0.25, 0.3) is 21.8 Å². The Hall–Kier alpha value is -10.7. The molecule has 0 unspecified atom stereocenters.